The van der Waals surface area contributed by atoms with Crippen LogP contribution in [0.1, 0.15) is 41.9 Å². The molecule has 0 aromatic heterocycles. The van der Waals surface area contributed by atoms with Crippen LogP contribution in [0.15, 0.2) is 70.4 Å². The number of hydrogen-bond donors (Lipinski definition) is 2. The van der Waals surface area contributed by atoms with E-state index in [4.69, 9.17) is 0 Å². The van der Waals surface area contributed by atoms with Gasteiger partial charge in [-0.15, -0.1) is 0 Å². The molecule has 2 aromatic carbocycles. The minimum atomic E-state index is -0.396. The quantitative estimate of drug-likeness (QED) is 0.671. The molecule has 5 nitrogen and oxygen atoms in total. The van der Waals surface area contributed by atoms with E-state index in [1.807, 2.05) is 62.4 Å². The molecule has 1 aliphatic carbocycles. The summed E-state index contributed by atoms with van der Waals surface area (Å²) in [5, 5.41) is 16.9. The summed E-state index contributed by atoms with van der Waals surface area (Å²) in [5.41, 5.74) is 6.00. The Morgan fingerprint density at radius 1 is 1.09 bits per heavy atom. The lowest BCUT2D eigenvalue weighted by Gasteiger charge is -2.33. The third-order valence-electron chi connectivity index (χ3n) is 5.76. The molecule has 1 atom stereocenters. The Labute approximate surface area is 192 Å². The van der Waals surface area contributed by atoms with Gasteiger partial charge in [0.25, 0.3) is 0 Å². The first-order valence-corrected chi connectivity index (χ1v) is 11.7. The molecule has 32 heavy (non-hydrogen) atoms. The number of hydrogen-bond acceptors (Lipinski definition) is 5. The highest BCUT2D eigenvalue weighted by Gasteiger charge is 2.37. The highest BCUT2D eigenvalue weighted by atomic mass is 32.2. The van der Waals surface area contributed by atoms with Crippen LogP contribution in [0.4, 0.5) is 5.69 Å². The van der Waals surface area contributed by atoms with Gasteiger partial charge in [0.05, 0.1) is 28.3 Å². The average Bonchev–Trinajstić information content (AvgIpc) is 2.79. The second-order valence-electron chi connectivity index (χ2n) is 8.20. The lowest BCUT2D eigenvalue weighted by molar-refractivity contribution is -0.116. The largest absolute Gasteiger partial charge is 0.352 e. The van der Waals surface area contributed by atoms with Crippen molar-refractivity contribution >= 4 is 29.1 Å². The summed E-state index contributed by atoms with van der Waals surface area (Å²) in [6, 6.07) is 17.9. The van der Waals surface area contributed by atoms with Crippen LogP contribution in [0.3, 0.4) is 0 Å². The Kier molecular flexibility index (Phi) is 6.48. The molecule has 1 unspecified atom stereocenters. The normalized spacial score (nSPS) is 18.0. The monoisotopic (exact) mass is 443 g/mol. The van der Waals surface area contributed by atoms with Crippen LogP contribution in [0, 0.1) is 25.2 Å². The maximum atomic E-state index is 12.8. The first-order valence-electron chi connectivity index (χ1n) is 10.7. The molecule has 2 aliphatic rings. The van der Waals surface area contributed by atoms with Gasteiger partial charge in [-0.25, -0.2) is 0 Å². The van der Waals surface area contributed by atoms with Crippen molar-refractivity contribution in [3.63, 3.8) is 0 Å². The lowest BCUT2D eigenvalue weighted by atomic mass is 9.77. The average molecular weight is 444 g/mol. The number of allylic oxidation sites excluding steroid dienone is 3. The van der Waals surface area contributed by atoms with Gasteiger partial charge in [0.2, 0.25) is 5.91 Å². The van der Waals surface area contributed by atoms with Crippen molar-refractivity contribution in [1.82, 2.24) is 5.32 Å². The smallest absolute Gasteiger partial charge is 0.234 e. The number of rotatable bonds is 5. The Morgan fingerprint density at radius 3 is 2.41 bits per heavy atom. The van der Waals surface area contributed by atoms with Crippen molar-refractivity contribution in [2.75, 3.05) is 11.1 Å². The van der Waals surface area contributed by atoms with Gasteiger partial charge < -0.3 is 10.6 Å². The second-order valence-corrected chi connectivity index (χ2v) is 9.18. The zero-order valence-electron chi connectivity index (χ0n) is 18.2. The number of amides is 1. The minimum Gasteiger partial charge on any atom is -0.352 e. The third-order valence-corrected chi connectivity index (χ3v) is 6.77. The third kappa shape index (κ3) is 4.63. The number of Topliss-reactive ketones (excluding diaryl/α,β-unsaturated/α-hetero) is 1. The fourth-order valence-corrected chi connectivity index (χ4v) is 4.96. The zero-order chi connectivity index (χ0) is 22.7. The molecule has 1 heterocycles. The second kappa shape index (κ2) is 9.46. The van der Waals surface area contributed by atoms with Crippen molar-refractivity contribution in [1.29, 1.82) is 5.26 Å². The zero-order valence-corrected chi connectivity index (χ0v) is 19.0. The molecule has 1 amide bonds. The number of aryl methyl sites for hydroxylation is 2. The lowest BCUT2D eigenvalue weighted by Crippen LogP contribution is -2.31. The molecule has 4 rings (SSSR count). The Balaban J connectivity index is 1.60. The molecule has 6 heteroatoms. The van der Waals surface area contributed by atoms with E-state index in [0.717, 1.165) is 40.9 Å². The maximum absolute atomic E-state index is 12.8. The SMILES string of the molecule is Cc1ccc(NC(=O)CSC2=C(C#N)C(c3ccc(C)cc3)C3=C(CCCC3=O)N2)cc1. The number of carbonyl (C=O) groups is 2. The number of thioether (sulfide) groups is 1. The Morgan fingerprint density at radius 2 is 1.75 bits per heavy atom. The van der Waals surface area contributed by atoms with E-state index >= 15 is 0 Å². The molecule has 0 radical (unpaired) electrons. The molecular weight excluding hydrogens is 418 g/mol. The van der Waals surface area contributed by atoms with Crippen molar-refractivity contribution in [3.8, 4) is 6.07 Å². The van der Waals surface area contributed by atoms with E-state index in [2.05, 4.69) is 16.7 Å². The van der Waals surface area contributed by atoms with E-state index in [-0.39, 0.29) is 17.4 Å². The van der Waals surface area contributed by atoms with E-state index < -0.39 is 5.92 Å². The van der Waals surface area contributed by atoms with Crippen molar-refractivity contribution < 1.29 is 9.59 Å². The molecular formula is C26H25N3O2S. The van der Waals surface area contributed by atoms with Gasteiger partial charge in [-0.2, -0.15) is 5.26 Å². The van der Waals surface area contributed by atoms with Crippen LogP contribution in [0.25, 0.3) is 0 Å². The van der Waals surface area contributed by atoms with Crippen molar-refractivity contribution in [3.05, 3.63) is 87.1 Å². The molecule has 0 bridgehead atoms. The van der Waals surface area contributed by atoms with Crippen LogP contribution in [-0.4, -0.2) is 17.4 Å². The maximum Gasteiger partial charge on any atom is 0.234 e. The van der Waals surface area contributed by atoms with Crippen molar-refractivity contribution in [2.45, 2.75) is 39.0 Å². The van der Waals surface area contributed by atoms with Gasteiger partial charge in [-0.05, 0) is 44.4 Å². The standard InChI is InChI=1S/C26H25N3O2S/c1-16-6-10-18(11-7-16)24-20(14-27)26(29-21-4-3-5-22(30)25(21)24)32-15-23(31)28-19-12-8-17(2)9-13-19/h6-13,24,29H,3-5,15H2,1-2H3,(H,28,31). The highest BCUT2D eigenvalue weighted by molar-refractivity contribution is 8.03. The molecule has 162 valence electrons. The van der Waals surface area contributed by atoms with Gasteiger partial charge in [-0.1, -0.05) is 59.3 Å². The van der Waals surface area contributed by atoms with Crippen LogP contribution < -0.4 is 10.6 Å². The number of benzene rings is 2. The van der Waals surface area contributed by atoms with Gasteiger partial charge in [0.1, 0.15) is 0 Å². The van der Waals surface area contributed by atoms with Crippen LogP contribution in [0.2, 0.25) is 0 Å². The molecule has 2 aromatic rings. The van der Waals surface area contributed by atoms with E-state index in [9.17, 15) is 14.9 Å². The highest BCUT2D eigenvalue weighted by Crippen LogP contribution is 2.44. The molecule has 0 fully saturated rings. The van der Waals surface area contributed by atoms with Crippen LogP contribution >= 0.6 is 11.8 Å². The van der Waals surface area contributed by atoms with Crippen molar-refractivity contribution in [2.24, 2.45) is 0 Å². The summed E-state index contributed by atoms with van der Waals surface area (Å²) in [5.74, 6) is -0.277. The molecule has 1 aliphatic heterocycles. The number of dihydropyridines is 1. The fraction of sp³-hybridized carbons (Fsp3) is 0.269. The number of carbonyl (C=O) groups excluding carboxylic acids is 2. The molecule has 0 saturated heterocycles. The Bertz CT molecular complexity index is 1160. The minimum absolute atomic E-state index is 0.0956. The number of nitrogens with zero attached hydrogens (tertiary/aromatic N) is 1. The first kappa shape index (κ1) is 21.9. The van der Waals surface area contributed by atoms with Gasteiger partial charge in [0, 0.05) is 23.4 Å². The van der Waals surface area contributed by atoms with Gasteiger partial charge in [-0.3, -0.25) is 9.59 Å². The summed E-state index contributed by atoms with van der Waals surface area (Å²) in [6.45, 7) is 4.01. The first-order chi connectivity index (χ1) is 15.5. The summed E-state index contributed by atoms with van der Waals surface area (Å²) in [6.07, 6.45) is 2.06. The molecule has 2 N–H and O–H groups in total. The fourth-order valence-electron chi connectivity index (χ4n) is 4.10. The van der Waals surface area contributed by atoms with E-state index in [1.54, 1.807) is 0 Å². The number of nitrogens with one attached hydrogen (secondary N) is 2. The number of nitriles is 1. The van der Waals surface area contributed by atoms with Gasteiger partial charge in [0.15, 0.2) is 5.78 Å². The number of anilines is 1. The summed E-state index contributed by atoms with van der Waals surface area (Å²) < 4.78 is 0. The predicted octanol–water partition coefficient (Wildman–Crippen LogP) is 5.10. The Hall–Kier alpha value is -3.30. The van der Waals surface area contributed by atoms with E-state index in [1.165, 1.54) is 11.8 Å². The number of ketones is 1. The van der Waals surface area contributed by atoms with Gasteiger partial charge >= 0.3 is 0 Å². The summed E-state index contributed by atoms with van der Waals surface area (Å²) in [4.78, 5) is 25.4. The topological polar surface area (TPSA) is 82.0 Å². The van der Waals surface area contributed by atoms with Crippen LogP contribution in [-0.2, 0) is 9.59 Å². The van der Waals surface area contributed by atoms with Crippen LogP contribution in [0.5, 0.6) is 0 Å². The molecule has 0 spiro atoms. The predicted molar refractivity (Wildman–Crippen MR) is 128 cm³/mol. The summed E-state index contributed by atoms with van der Waals surface area (Å²) in [7, 11) is 0. The summed E-state index contributed by atoms with van der Waals surface area (Å²) >= 11 is 1.31. The van der Waals surface area contributed by atoms with E-state index in [0.29, 0.717) is 22.6 Å². The molecule has 0 saturated carbocycles.